The molecule has 1 aromatic rings. The second-order valence-electron chi connectivity index (χ2n) is 5.30. The first-order valence-electron chi connectivity index (χ1n) is 6.62. The van der Waals surface area contributed by atoms with Gasteiger partial charge in [-0.3, -0.25) is 0 Å². The Hall–Kier alpha value is -0.940. The molecule has 1 atom stereocenters. The van der Waals surface area contributed by atoms with Crippen molar-refractivity contribution in [2.45, 2.75) is 25.3 Å². The topological polar surface area (TPSA) is 46.2 Å². The second-order valence-corrected chi connectivity index (χ2v) is 7.56. The molecule has 0 radical (unpaired) electrons. The molecule has 2 rings (SSSR count). The first-order chi connectivity index (χ1) is 8.96. The third-order valence-electron chi connectivity index (χ3n) is 3.38. The van der Waals surface area contributed by atoms with E-state index in [9.17, 15) is 12.8 Å². The monoisotopic (exact) mass is 285 g/mol. The largest absolute Gasteiger partial charge is 0.310 e. The van der Waals surface area contributed by atoms with Gasteiger partial charge in [0.25, 0.3) is 0 Å². The van der Waals surface area contributed by atoms with Gasteiger partial charge in [0.15, 0.2) is 0 Å². The van der Waals surface area contributed by atoms with Crippen LogP contribution in [0.2, 0.25) is 0 Å². The maximum atomic E-state index is 12.9. The van der Waals surface area contributed by atoms with Crippen molar-refractivity contribution < 1.29 is 12.8 Å². The van der Waals surface area contributed by atoms with E-state index in [1.54, 1.807) is 0 Å². The summed E-state index contributed by atoms with van der Waals surface area (Å²) >= 11 is 0. The van der Waals surface area contributed by atoms with Crippen LogP contribution >= 0.6 is 0 Å². The Labute approximate surface area is 114 Å². The normalized spacial score (nSPS) is 17.4. The zero-order valence-corrected chi connectivity index (χ0v) is 11.9. The average Bonchev–Trinajstić information content (AvgIpc) is 3.14. The number of hydrogen-bond acceptors (Lipinski definition) is 3. The Morgan fingerprint density at radius 1 is 1.32 bits per heavy atom. The van der Waals surface area contributed by atoms with Gasteiger partial charge in [0.2, 0.25) is 0 Å². The van der Waals surface area contributed by atoms with Crippen molar-refractivity contribution in [3.8, 4) is 0 Å². The molecule has 0 spiro atoms. The SMILES string of the molecule is CS(=O)(=O)CCCNC(c1ccc(F)cc1)C1CC1. The molecule has 106 valence electrons. The third-order valence-corrected chi connectivity index (χ3v) is 4.41. The summed E-state index contributed by atoms with van der Waals surface area (Å²) < 4.78 is 35.0. The molecule has 0 aliphatic heterocycles. The molecule has 0 saturated heterocycles. The Balaban J connectivity index is 1.88. The van der Waals surface area contributed by atoms with Crippen molar-refractivity contribution in [2.75, 3.05) is 18.6 Å². The lowest BCUT2D eigenvalue weighted by molar-refractivity contribution is 0.479. The van der Waals surface area contributed by atoms with Gasteiger partial charge >= 0.3 is 0 Å². The molecule has 19 heavy (non-hydrogen) atoms. The zero-order chi connectivity index (χ0) is 13.9. The van der Waals surface area contributed by atoms with Crippen LogP contribution in [0.1, 0.15) is 30.9 Å². The molecule has 0 heterocycles. The van der Waals surface area contributed by atoms with Crippen LogP contribution in [-0.4, -0.2) is 27.0 Å². The number of sulfone groups is 1. The van der Waals surface area contributed by atoms with Crippen LogP contribution in [0, 0.1) is 11.7 Å². The molecule has 0 bridgehead atoms. The fraction of sp³-hybridized carbons (Fsp3) is 0.571. The minimum Gasteiger partial charge on any atom is -0.310 e. The third kappa shape index (κ3) is 4.91. The van der Waals surface area contributed by atoms with Crippen LogP contribution in [0.4, 0.5) is 4.39 Å². The van der Waals surface area contributed by atoms with E-state index in [4.69, 9.17) is 0 Å². The lowest BCUT2D eigenvalue weighted by Gasteiger charge is -2.18. The number of benzene rings is 1. The molecular weight excluding hydrogens is 265 g/mol. The molecular formula is C14H20FNO2S. The minimum atomic E-state index is -2.89. The summed E-state index contributed by atoms with van der Waals surface area (Å²) in [5, 5.41) is 3.40. The second kappa shape index (κ2) is 6.01. The van der Waals surface area contributed by atoms with Gasteiger partial charge < -0.3 is 5.32 Å². The predicted molar refractivity (Wildman–Crippen MR) is 74.2 cm³/mol. The number of nitrogens with one attached hydrogen (secondary N) is 1. The summed E-state index contributed by atoms with van der Waals surface area (Å²) in [6.45, 7) is 0.672. The van der Waals surface area contributed by atoms with Crippen LogP contribution in [0.15, 0.2) is 24.3 Å². The Kier molecular flexibility index (Phi) is 4.58. The minimum absolute atomic E-state index is 0.209. The van der Waals surface area contributed by atoms with E-state index in [0.29, 0.717) is 18.9 Å². The van der Waals surface area contributed by atoms with Crippen LogP contribution < -0.4 is 5.32 Å². The number of halogens is 1. The highest BCUT2D eigenvalue weighted by Gasteiger charge is 2.31. The van der Waals surface area contributed by atoms with E-state index in [1.807, 2.05) is 12.1 Å². The standard InChI is InChI=1S/C14H20FNO2S/c1-19(17,18)10-2-9-16-14(11-3-4-11)12-5-7-13(15)8-6-12/h5-8,11,14,16H,2-4,9-10H2,1H3. The average molecular weight is 285 g/mol. The maximum absolute atomic E-state index is 12.9. The maximum Gasteiger partial charge on any atom is 0.147 e. The number of hydrogen-bond donors (Lipinski definition) is 1. The van der Waals surface area contributed by atoms with E-state index in [2.05, 4.69) is 5.32 Å². The molecule has 1 aromatic carbocycles. The van der Waals surface area contributed by atoms with E-state index in [1.165, 1.54) is 31.2 Å². The molecule has 1 aliphatic rings. The summed E-state index contributed by atoms with van der Waals surface area (Å²) in [5.74, 6) is 0.583. The van der Waals surface area contributed by atoms with Crippen molar-refractivity contribution in [1.82, 2.24) is 5.32 Å². The van der Waals surface area contributed by atoms with Gasteiger partial charge in [0.05, 0.1) is 5.75 Å². The molecule has 1 unspecified atom stereocenters. The van der Waals surface area contributed by atoms with Crippen molar-refractivity contribution >= 4 is 9.84 Å². The van der Waals surface area contributed by atoms with Gasteiger partial charge in [-0.25, -0.2) is 12.8 Å². The highest BCUT2D eigenvalue weighted by atomic mass is 32.2. The quantitative estimate of drug-likeness (QED) is 0.782. The Morgan fingerprint density at radius 2 is 1.95 bits per heavy atom. The lowest BCUT2D eigenvalue weighted by atomic mass is 10.0. The van der Waals surface area contributed by atoms with Gasteiger partial charge in [-0.05, 0) is 49.4 Å². The lowest BCUT2D eigenvalue weighted by Crippen LogP contribution is -2.25. The number of rotatable bonds is 7. The van der Waals surface area contributed by atoms with Crippen molar-refractivity contribution in [3.63, 3.8) is 0 Å². The molecule has 3 nitrogen and oxygen atoms in total. The summed E-state index contributed by atoms with van der Waals surface area (Å²) in [4.78, 5) is 0. The molecule has 1 N–H and O–H groups in total. The van der Waals surface area contributed by atoms with Crippen LogP contribution in [0.25, 0.3) is 0 Å². The summed E-state index contributed by atoms with van der Waals surface area (Å²) in [6, 6.07) is 6.79. The van der Waals surface area contributed by atoms with Crippen molar-refractivity contribution in [2.24, 2.45) is 5.92 Å². The Bertz CT molecular complexity index is 509. The highest BCUT2D eigenvalue weighted by molar-refractivity contribution is 7.90. The van der Waals surface area contributed by atoms with Gasteiger partial charge in [0.1, 0.15) is 15.7 Å². The van der Waals surface area contributed by atoms with E-state index < -0.39 is 9.84 Å². The van der Waals surface area contributed by atoms with Gasteiger partial charge in [-0.15, -0.1) is 0 Å². The van der Waals surface area contributed by atoms with E-state index in [0.717, 1.165) is 5.56 Å². The summed E-state index contributed by atoms with van der Waals surface area (Å²) in [7, 11) is -2.89. The summed E-state index contributed by atoms with van der Waals surface area (Å²) in [6.07, 6.45) is 4.23. The van der Waals surface area contributed by atoms with Gasteiger partial charge in [-0.2, -0.15) is 0 Å². The first-order valence-corrected chi connectivity index (χ1v) is 8.68. The van der Waals surface area contributed by atoms with Crippen LogP contribution in [-0.2, 0) is 9.84 Å². The molecule has 0 amide bonds. The molecule has 0 aromatic heterocycles. The molecule has 1 saturated carbocycles. The zero-order valence-electron chi connectivity index (χ0n) is 11.1. The van der Waals surface area contributed by atoms with Crippen LogP contribution in [0.5, 0.6) is 0 Å². The van der Waals surface area contributed by atoms with Crippen molar-refractivity contribution in [3.05, 3.63) is 35.6 Å². The smallest absolute Gasteiger partial charge is 0.147 e. The van der Waals surface area contributed by atoms with Gasteiger partial charge in [-0.1, -0.05) is 12.1 Å². The summed E-state index contributed by atoms with van der Waals surface area (Å²) in [5.41, 5.74) is 1.09. The van der Waals surface area contributed by atoms with E-state index in [-0.39, 0.29) is 17.6 Å². The Morgan fingerprint density at radius 3 is 2.47 bits per heavy atom. The molecule has 1 fully saturated rings. The fourth-order valence-electron chi connectivity index (χ4n) is 2.25. The molecule has 5 heteroatoms. The fourth-order valence-corrected chi connectivity index (χ4v) is 2.92. The van der Waals surface area contributed by atoms with Crippen LogP contribution in [0.3, 0.4) is 0 Å². The van der Waals surface area contributed by atoms with Crippen molar-refractivity contribution in [1.29, 1.82) is 0 Å². The highest BCUT2D eigenvalue weighted by Crippen LogP contribution is 2.40. The van der Waals surface area contributed by atoms with E-state index >= 15 is 0 Å². The van der Waals surface area contributed by atoms with Gasteiger partial charge in [0, 0.05) is 12.3 Å². The molecule has 1 aliphatic carbocycles. The first kappa shape index (κ1) is 14.5. The predicted octanol–water partition coefficient (Wildman–Crippen LogP) is 2.30.